The van der Waals surface area contributed by atoms with E-state index in [9.17, 15) is 10.2 Å². The summed E-state index contributed by atoms with van der Waals surface area (Å²) in [4.78, 5) is 2.38. The van der Waals surface area contributed by atoms with Gasteiger partial charge in [-0.1, -0.05) is 12.5 Å². The molecule has 3 atom stereocenters. The van der Waals surface area contributed by atoms with Crippen molar-refractivity contribution in [2.24, 2.45) is 0 Å². The molecule has 130 valence electrons. The normalized spacial score (nSPS) is 28.2. The van der Waals surface area contributed by atoms with Crippen LogP contribution in [0.25, 0.3) is 0 Å². The molecule has 0 saturated carbocycles. The SMILES string of the molecule is CC(O)c1ccc2c(c1)C(N1CCCCC1)C(O)C(C)(C)O2.Cl. The van der Waals surface area contributed by atoms with Crippen LogP contribution in [0.2, 0.25) is 0 Å². The average molecular weight is 342 g/mol. The second-order valence-electron chi connectivity index (χ2n) is 7.17. The summed E-state index contributed by atoms with van der Waals surface area (Å²) >= 11 is 0. The third kappa shape index (κ3) is 3.50. The number of piperidine rings is 1. The van der Waals surface area contributed by atoms with Gasteiger partial charge in [-0.25, -0.2) is 0 Å². The Labute approximate surface area is 144 Å². The van der Waals surface area contributed by atoms with Crippen molar-refractivity contribution in [3.63, 3.8) is 0 Å². The molecule has 2 aliphatic rings. The summed E-state index contributed by atoms with van der Waals surface area (Å²) in [6.45, 7) is 7.67. The number of ether oxygens (including phenoxy) is 1. The molecule has 2 heterocycles. The minimum atomic E-state index is -0.610. The minimum Gasteiger partial charge on any atom is -0.485 e. The van der Waals surface area contributed by atoms with Crippen LogP contribution in [0.1, 0.15) is 63.3 Å². The molecular weight excluding hydrogens is 314 g/mol. The lowest BCUT2D eigenvalue weighted by molar-refractivity contribution is -0.0962. The van der Waals surface area contributed by atoms with E-state index in [0.717, 1.165) is 30.0 Å². The maximum atomic E-state index is 10.9. The monoisotopic (exact) mass is 341 g/mol. The lowest BCUT2D eigenvalue weighted by atomic mass is 9.84. The van der Waals surface area contributed by atoms with Crippen molar-refractivity contribution in [3.05, 3.63) is 29.3 Å². The van der Waals surface area contributed by atoms with Crippen molar-refractivity contribution in [2.45, 2.75) is 63.9 Å². The molecule has 0 spiro atoms. The highest BCUT2D eigenvalue weighted by Crippen LogP contribution is 2.44. The van der Waals surface area contributed by atoms with E-state index in [1.165, 1.54) is 19.3 Å². The predicted molar refractivity (Wildman–Crippen MR) is 93.2 cm³/mol. The van der Waals surface area contributed by atoms with E-state index in [0.29, 0.717) is 0 Å². The van der Waals surface area contributed by atoms with Gasteiger partial charge in [0, 0.05) is 5.56 Å². The zero-order valence-corrected chi connectivity index (χ0v) is 15.0. The molecule has 3 unspecified atom stereocenters. The summed E-state index contributed by atoms with van der Waals surface area (Å²) in [5.74, 6) is 0.829. The van der Waals surface area contributed by atoms with Gasteiger partial charge in [-0.15, -0.1) is 12.4 Å². The van der Waals surface area contributed by atoms with Gasteiger partial charge in [-0.05, 0) is 64.4 Å². The number of benzene rings is 1. The van der Waals surface area contributed by atoms with Gasteiger partial charge in [0.1, 0.15) is 17.5 Å². The van der Waals surface area contributed by atoms with Gasteiger partial charge in [0.15, 0.2) is 0 Å². The second kappa shape index (κ2) is 6.98. The van der Waals surface area contributed by atoms with E-state index in [4.69, 9.17) is 4.74 Å². The predicted octanol–water partition coefficient (Wildman–Crippen LogP) is 3.22. The van der Waals surface area contributed by atoms with Gasteiger partial charge in [0.25, 0.3) is 0 Å². The molecule has 0 amide bonds. The molecular formula is C18H28ClNO3. The first-order valence-corrected chi connectivity index (χ1v) is 8.33. The van der Waals surface area contributed by atoms with Crippen molar-refractivity contribution in [1.29, 1.82) is 0 Å². The van der Waals surface area contributed by atoms with Gasteiger partial charge >= 0.3 is 0 Å². The second-order valence-corrected chi connectivity index (χ2v) is 7.17. The van der Waals surface area contributed by atoms with Crippen LogP contribution >= 0.6 is 12.4 Å². The molecule has 2 N–H and O–H groups in total. The Morgan fingerprint density at radius 2 is 1.87 bits per heavy atom. The van der Waals surface area contributed by atoms with Crippen molar-refractivity contribution < 1.29 is 14.9 Å². The number of likely N-dealkylation sites (tertiary alicyclic amines) is 1. The number of fused-ring (bicyclic) bond motifs is 1. The fourth-order valence-corrected chi connectivity index (χ4v) is 3.64. The average Bonchev–Trinajstić information content (AvgIpc) is 2.48. The topological polar surface area (TPSA) is 52.9 Å². The Morgan fingerprint density at radius 3 is 2.48 bits per heavy atom. The summed E-state index contributed by atoms with van der Waals surface area (Å²) in [5.41, 5.74) is 1.27. The number of hydrogen-bond acceptors (Lipinski definition) is 4. The number of aliphatic hydroxyl groups is 2. The molecule has 23 heavy (non-hydrogen) atoms. The third-order valence-corrected chi connectivity index (χ3v) is 5.00. The van der Waals surface area contributed by atoms with Crippen LogP contribution in [0, 0.1) is 0 Å². The lowest BCUT2D eigenvalue weighted by Gasteiger charge is -2.47. The number of hydrogen-bond donors (Lipinski definition) is 2. The highest BCUT2D eigenvalue weighted by molar-refractivity contribution is 5.85. The highest BCUT2D eigenvalue weighted by Gasteiger charge is 2.45. The van der Waals surface area contributed by atoms with Crippen LogP contribution in [0.15, 0.2) is 18.2 Å². The molecule has 0 radical (unpaired) electrons. The fraction of sp³-hybridized carbons (Fsp3) is 0.667. The lowest BCUT2D eigenvalue weighted by Crippen LogP contribution is -2.54. The quantitative estimate of drug-likeness (QED) is 0.867. The molecule has 3 rings (SSSR count). The molecule has 0 aromatic heterocycles. The molecule has 1 aromatic rings. The number of nitrogens with zero attached hydrogens (tertiary/aromatic N) is 1. The van der Waals surface area contributed by atoms with Gasteiger partial charge in [-0.2, -0.15) is 0 Å². The summed E-state index contributed by atoms with van der Waals surface area (Å²) in [6, 6.07) is 5.78. The van der Waals surface area contributed by atoms with E-state index in [2.05, 4.69) is 4.90 Å². The van der Waals surface area contributed by atoms with E-state index < -0.39 is 17.8 Å². The maximum absolute atomic E-state index is 10.9. The molecule has 4 nitrogen and oxygen atoms in total. The Kier molecular flexibility index (Phi) is 5.62. The van der Waals surface area contributed by atoms with Crippen LogP contribution in [0.5, 0.6) is 5.75 Å². The zero-order chi connectivity index (χ0) is 15.9. The van der Waals surface area contributed by atoms with Crippen LogP contribution in [-0.2, 0) is 0 Å². The Morgan fingerprint density at radius 1 is 1.22 bits per heavy atom. The molecule has 1 aromatic carbocycles. The fourth-order valence-electron chi connectivity index (χ4n) is 3.64. The molecule has 2 aliphatic heterocycles. The third-order valence-electron chi connectivity index (χ3n) is 5.00. The summed E-state index contributed by atoms with van der Waals surface area (Å²) < 4.78 is 6.03. The van der Waals surface area contributed by atoms with Crippen LogP contribution in [-0.4, -0.2) is 39.9 Å². The van der Waals surface area contributed by atoms with E-state index >= 15 is 0 Å². The number of aliphatic hydroxyl groups excluding tert-OH is 2. The van der Waals surface area contributed by atoms with E-state index in [1.54, 1.807) is 6.92 Å². The standard InChI is InChI=1S/C18H27NO3.ClH/c1-12(20)13-7-8-15-14(11-13)16(17(21)18(2,3)22-15)19-9-5-4-6-10-19;/h7-8,11-12,16-17,20-21H,4-6,9-10H2,1-3H3;1H. The molecule has 5 heteroatoms. The highest BCUT2D eigenvalue weighted by atomic mass is 35.5. The molecule has 0 bridgehead atoms. The summed E-state index contributed by atoms with van der Waals surface area (Å²) in [6.07, 6.45) is 2.52. The van der Waals surface area contributed by atoms with Gasteiger partial charge < -0.3 is 14.9 Å². The smallest absolute Gasteiger partial charge is 0.131 e. The van der Waals surface area contributed by atoms with Gasteiger partial charge in [0.05, 0.1) is 12.1 Å². The van der Waals surface area contributed by atoms with Crippen molar-refractivity contribution in [2.75, 3.05) is 13.1 Å². The first-order valence-electron chi connectivity index (χ1n) is 8.33. The van der Waals surface area contributed by atoms with Crippen molar-refractivity contribution in [1.82, 2.24) is 4.90 Å². The first kappa shape index (κ1) is 18.5. The molecule has 0 aliphatic carbocycles. The zero-order valence-electron chi connectivity index (χ0n) is 14.2. The van der Waals surface area contributed by atoms with Crippen LogP contribution < -0.4 is 4.74 Å². The van der Waals surface area contributed by atoms with Gasteiger partial charge in [-0.3, -0.25) is 4.90 Å². The number of rotatable bonds is 2. The van der Waals surface area contributed by atoms with Gasteiger partial charge in [0.2, 0.25) is 0 Å². The summed E-state index contributed by atoms with van der Waals surface area (Å²) in [5, 5.41) is 20.8. The summed E-state index contributed by atoms with van der Waals surface area (Å²) in [7, 11) is 0. The molecule has 1 saturated heterocycles. The van der Waals surface area contributed by atoms with Crippen molar-refractivity contribution in [3.8, 4) is 5.75 Å². The largest absolute Gasteiger partial charge is 0.485 e. The number of halogens is 1. The minimum absolute atomic E-state index is 0. The van der Waals surface area contributed by atoms with Crippen LogP contribution in [0.4, 0.5) is 0 Å². The maximum Gasteiger partial charge on any atom is 0.131 e. The van der Waals surface area contributed by atoms with Crippen LogP contribution in [0.3, 0.4) is 0 Å². The Bertz CT molecular complexity index is 541. The Balaban J connectivity index is 0.00000192. The Hall–Kier alpha value is -0.810. The first-order chi connectivity index (χ1) is 10.4. The molecule has 1 fully saturated rings. The van der Waals surface area contributed by atoms with E-state index in [1.807, 2.05) is 32.0 Å². The van der Waals surface area contributed by atoms with E-state index in [-0.39, 0.29) is 18.4 Å². The van der Waals surface area contributed by atoms with Crippen molar-refractivity contribution >= 4 is 12.4 Å².